The van der Waals surface area contributed by atoms with Crippen molar-refractivity contribution in [3.8, 4) is 23.0 Å². The fraction of sp³-hybridized carbons (Fsp3) is 0.100. The van der Waals surface area contributed by atoms with Crippen molar-refractivity contribution in [3.63, 3.8) is 0 Å². The first-order chi connectivity index (χ1) is 11.3. The van der Waals surface area contributed by atoms with Gasteiger partial charge >= 0.3 is 0 Å². The second-order valence-corrected chi connectivity index (χ2v) is 4.58. The molecule has 0 spiro atoms. The maximum atomic E-state index is 5.58. The molecular weight excluding hydrogens is 288 g/mol. The predicted molar refractivity (Wildman–Crippen MR) is 92.5 cm³/mol. The normalized spacial score (nSPS) is 9.30. The molecule has 0 aliphatic carbocycles. The molecule has 3 aromatic carbocycles. The summed E-state index contributed by atoms with van der Waals surface area (Å²) in [6.07, 6.45) is 0. The zero-order valence-electron chi connectivity index (χ0n) is 13.3. The van der Waals surface area contributed by atoms with E-state index in [-0.39, 0.29) is 0 Å². The molecule has 0 bridgehead atoms. The third-order valence-electron chi connectivity index (χ3n) is 3.01. The Morgan fingerprint density at radius 2 is 0.826 bits per heavy atom. The highest BCUT2D eigenvalue weighted by molar-refractivity contribution is 5.39. The largest absolute Gasteiger partial charge is 0.493 e. The fourth-order valence-corrected chi connectivity index (χ4v) is 1.90. The topological polar surface area (TPSA) is 27.7 Å². The highest BCUT2D eigenvalue weighted by atomic mass is 16.5. The highest BCUT2D eigenvalue weighted by Crippen LogP contribution is 2.24. The summed E-state index contributed by atoms with van der Waals surface area (Å²) in [5.41, 5.74) is 0. The van der Waals surface area contributed by atoms with E-state index in [9.17, 15) is 0 Å². The third-order valence-corrected chi connectivity index (χ3v) is 3.01. The van der Waals surface area contributed by atoms with E-state index in [1.54, 1.807) is 14.2 Å². The number of hydrogen-bond acceptors (Lipinski definition) is 3. The lowest BCUT2D eigenvalue weighted by molar-refractivity contribution is 0.355. The molecule has 0 N–H and O–H groups in total. The quantitative estimate of drug-likeness (QED) is 0.664. The number of benzene rings is 3. The van der Waals surface area contributed by atoms with Gasteiger partial charge in [0.15, 0.2) is 11.5 Å². The Kier molecular flexibility index (Phi) is 6.54. The van der Waals surface area contributed by atoms with Crippen LogP contribution in [0, 0.1) is 0 Å². The average molecular weight is 308 g/mol. The molecule has 23 heavy (non-hydrogen) atoms. The predicted octanol–water partition coefficient (Wildman–Crippen LogP) is 5.18. The van der Waals surface area contributed by atoms with Crippen LogP contribution in [-0.2, 0) is 0 Å². The van der Waals surface area contributed by atoms with Gasteiger partial charge in [0.2, 0.25) is 0 Å². The van der Waals surface area contributed by atoms with Crippen LogP contribution in [0.1, 0.15) is 0 Å². The molecule has 0 unspecified atom stereocenters. The Labute approximate surface area is 137 Å². The first-order valence-electron chi connectivity index (χ1n) is 7.28. The smallest absolute Gasteiger partial charge is 0.160 e. The Morgan fingerprint density at radius 3 is 1.17 bits per heavy atom. The Bertz CT molecular complexity index is 621. The third kappa shape index (κ3) is 5.40. The van der Waals surface area contributed by atoms with Gasteiger partial charge in [-0.2, -0.15) is 0 Å². The zero-order chi connectivity index (χ0) is 16.3. The van der Waals surface area contributed by atoms with Crippen LogP contribution in [0.3, 0.4) is 0 Å². The van der Waals surface area contributed by atoms with E-state index in [4.69, 9.17) is 14.2 Å². The second-order valence-electron chi connectivity index (χ2n) is 4.58. The van der Waals surface area contributed by atoms with E-state index < -0.39 is 0 Å². The van der Waals surface area contributed by atoms with Gasteiger partial charge in [-0.3, -0.25) is 0 Å². The van der Waals surface area contributed by atoms with E-state index in [0.717, 1.165) is 23.0 Å². The molecule has 0 saturated heterocycles. The van der Waals surface area contributed by atoms with Crippen molar-refractivity contribution < 1.29 is 14.2 Å². The number of para-hydroxylation sites is 4. The van der Waals surface area contributed by atoms with Gasteiger partial charge in [0, 0.05) is 0 Å². The van der Waals surface area contributed by atoms with Gasteiger partial charge in [-0.05, 0) is 36.4 Å². The molecule has 0 fully saturated rings. The number of methoxy groups -OCH3 is 2. The summed E-state index contributed by atoms with van der Waals surface area (Å²) >= 11 is 0. The fourth-order valence-electron chi connectivity index (χ4n) is 1.90. The minimum Gasteiger partial charge on any atom is -0.493 e. The molecule has 3 aromatic rings. The van der Waals surface area contributed by atoms with Crippen LogP contribution in [0.5, 0.6) is 23.0 Å². The van der Waals surface area contributed by atoms with Crippen molar-refractivity contribution in [1.82, 2.24) is 0 Å². The van der Waals surface area contributed by atoms with Gasteiger partial charge < -0.3 is 14.2 Å². The lowest BCUT2D eigenvalue weighted by Gasteiger charge is -2.04. The summed E-state index contributed by atoms with van der Waals surface area (Å²) in [5, 5.41) is 0. The monoisotopic (exact) mass is 308 g/mol. The molecule has 0 amide bonds. The molecule has 0 atom stereocenters. The zero-order valence-corrected chi connectivity index (χ0v) is 13.3. The van der Waals surface area contributed by atoms with Crippen molar-refractivity contribution in [2.45, 2.75) is 0 Å². The van der Waals surface area contributed by atoms with Crippen molar-refractivity contribution >= 4 is 0 Å². The van der Waals surface area contributed by atoms with Crippen molar-refractivity contribution in [3.05, 3.63) is 84.9 Å². The van der Waals surface area contributed by atoms with Crippen LogP contribution in [-0.4, -0.2) is 14.2 Å². The van der Waals surface area contributed by atoms with E-state index in [1.165, 1.54) is 0 Å². The van der Waals surface area contributed by atoms with Crippen LogP contribution >= 0.6 is 0 Å². The van der Waals surface area contributed by atoms with Gasteiger partial charge in [-0.25, -0.2) is 0 Å². The van der Waals surface area contributed by atoms with E-state index >= 15 is 0 Å². The second kappa shape index (κ2) is 9.15. The summed E-state index contributed by atoms with van der Waals surface area (Å²) in [6.45, 7) is 0. The Hall–Kier alpha value is -2.94. The Balaban J connectivity index is 0.000000174. The number of ether oxygens (including phenoxy) is 3. The van der Waals surface area contributed by atoms with Gasteiger partial charge in [-0.1, -0.05) is 48.5 Å². The molecule has 3 rings (SSSR count). The van der Waals surface area contributed by atoms with Crippen LogP contribution in [0.2, 0.25) is 0 Å². The first kappa shape index (κ1) is 16.4. The lowest BCUT2D eigenvalue weighted by Crippen LogP contribution is -1.88. The highest BCUT2D eigenvalue weighted by Gasteiger charge is 1.97. The summed E-state index contributed by atoms with van der Waals surface area (Å²) in [4.78, 5) is 0. The molecular formula is C20H20O3. The van der Waals surface area contributed by atoms with Gasteiger partial charge in [0.25, 0.3) is 0 Å². The lowest BCUT2D eigenvalue weighted by atomic mass is 10.3. The first-order valence-corrected chi connectivity index (χ1v) is 7.28. The summed E-state index contributed by atoms with van der Waals surface area (Å²) in [7, 11) is 3.25. The Morgan fingerprint density at radius 1 is 0.478 bits per heavy atom. The van der Waals surface area contributed by atoms with Gasteiger partial charge in [0.05, 0.1) is 14.2 Å². The molecule has 0 aliphatic heterocycles. The SMILES string of the molecule is COc1ccccc1OC.c1ccc(Oc2ccccc2)cc1. The minimum absolute atomic E-state index is 0.769. The maximum absolute atomic E-state index is 5.58. The molecule has 0 saturated carbocycles. The summed E-state index contributed by atoms with van der Waals surface area (Å²) in [5.74, 6) is 3.28. The van der Waals surface area contributed by atoms with Gasteiger partial charge in [0.1, 0.15) is 11.5 Å². The average Bonchev–Trinajstić information content (AvgIpc) is 2.64. The van der Waals surface area contributed by atoms with Crippen LogP contribution < -0.4 is 14.2 Å². The molecule has 118 valence electrons. The van der Waals surface area contributed by atoms with E-state index in [0.29, 0.717) is 0 Å². The van der Waals surface area contributed by atoms with Crippen molar-refractivity contribution in [1.29, 1.82) is 0 Å². The van der Waals surface area contributed by atoms with Crippen LogP contribution in [0.15, 0.2) is 84.9 Å². The molecule has 0 heterocycles. The molecule has 0 radical (unpaired) electrons. The minimum atomic E-state index is 0.769. The van der Waals surface area contributed by atoms with Gasteiger partial charge in [-0.15, -0.1) is 0 Å². The molecule has 3 heteroatoms. The van der Waals surface area contributed by atoms with Crippen molar-refractivity contribution in [2.24, 2.45) is 0 Å². The standard InChI is InChI=1S/C12H10O.C8H10O2/c1-3-7-11(8-4-1)13-12-9-5-2-6-10-12;1-9-7-5-3-4-6-8(7)10-2/h1-10H;3-6H,1-2H3. The number of hydrogen-bond donors (Lipinski definition) is 0. The van der Waals surface area contributed by atoms with Crippen molar-refractivity contribution in [2.75, 3.05) is 14.2 Å². The summed E-state index contributed by atoms with van der Waals surface area (Å²) in [6, 6.07) is 27.0. The van der Waals surface area contributed by atoms with Crippen LogP contribution in [0.25, 0.3) is 0 Å². The van der Waals surface area contributed by atoms with E-state index in [1.807, 2.05) is 84.9 Å². The van der Waals surface area contributed by atoms with Crippen LogP contribution in [0.4, 0.5) is 0 Å². The number of rotatable bonds is 4. The summed E-state index contributed by atoms with van der Waals surface area (Å²) < 4.78 is 15.6. The molecule has 0 aliphatic rings. The molecule has 3 nitrogen and oxygen atoms in total. The maximum Gasteiger partial charge on any atom is 0.160 e. The van der Waals surface area contributed by atoms with E-state index in [2.05, 4.69) is 0 Å². The molecule has 0 aromatic heterocycles.